The lowest BCUT2D eigenvalue weighted by Crippen LogP contribution is -2.16. The van der Waals surface area contributed by atoms with E-state index in [-0.39, 0.29) is 12.2 Å². The van der Waals surface area contributed by atoms with Crippen LogP contribution in [0.25, 0.3) is 0 Å². The van der Waals surface area contributed by atoms with Gasteiger partial charge in [0.05, 0.1) is 40.6 Å². The van der Waals surface area contributed by atoms with Gasteiger partial charge in [0.15, 0.2) is 23.0 Å². The van der Waals surface area contributed by atoms with Crippen molar-refractivity contribution in [1.29, 1.82) is 0 Å². The van der Waals surface area contributed by atoms with Crippen molar-refractivity contribution in [3.63, 3.8) is 0 Å². The maximum atomic E-state index is 6.05. The van der Waals surface area contributed by atoms with Crippen LogP contribution in [0.5, 0.6) is 34.5 Å². The second-order valence-corrected chi connectivity index (χ2v) is 6.93. The monoisotopic (exact) mass is 402 g/mol. The molecule has 2 aliphatic heterocycles. The first-order valence-corrected chi connectivity index (χ1v) is 9.78. The predicted octanol–water partition coefficient (Wildman–Crippen LogP) is 3.83. The molecule has 0 aromatic heterocycles. The molecule has 0 spiro atoms. The molecule has 0 radical (unpaired) electrons. The standard InChI is InChI=1S/C22H26O7/c1-23-19-5-3-15(11-21(19)28-17-7-9-25-13-17)27-16-4-6-20(24-2)22(12-16)29-18-8-10-26-14-18/h3-6,11-12,17-18H,7-10,13-14H2,1-2H3. The molecule has 7 nitrogen and oxygen atoms in total. The molecule has 29 heavy (non-hydrogen) atoms. The number of hydrogen-bond acceptors (Lipinski definition) is 7. The van der Waals surface area contributed by atoms with Crippen LogP contribution in [-0.4, -0.2) is 52.9 Å². The van der Waals surface area contributed by atoms with E-state index in [1.165, 1.54) is 0 Å². The maximum Gasteiger partial charge on any atom is 0.165 e. The second-order valence-electron chi connectivity index (χ2n) is 6.93. The molecule has 7 heteroatoms. The van der Waals surface area contributed by atoms with Gasteiger partial charge in [0, 0.05) is 25.0 Å². The van der Waals surface area contributed by atoms with Crippen molar-refractivity contribution in [2.75, 3.05) is 40.6 Å². The number of methoxy groups -OCH3 is 2. The third kappa shape index (κ3) is 4.86. The Morgan fingerprint density at radius 1 is 0.690 bits per heavy atom. The highest BCUT2D eigenvalue weighted by molar-refractivity contribution is 5.50. The smallest absolute Gasteiger partial charge is 0.165 e. The van der Waals surface area contributed by atoms with Crippen molar-refractivity contribution in [3.8, 4) is 34.5 Å². The van der Waals surface area contributed by atoms with E-state index in [0.29, 0.717) is 60.9 Å². The molecule has 0 saturated carbocycles. The van der Waals surface area contributed by atoms with Crippen LogP contribution >= 0.6 is 0 Å². The Bertz CT molecular complexity index is 743. The first-order valence-electron chi connectivity index (χ1n) is 9.78. The fourth-order valence-electron chi connectivity index (χ4n) is 3.33. The largest absolute Gasteiger partial charge is 0.493 e. The normalized spacial score (nSPS) is 21.0. The molecule has 0 aliphatic carbocycles. The van der Waals surface area contributed by atoms with Crippen molar-refractivity contribution in [2.45, 2.75) is 25.0 Å². The Hall–Kier alpha value is -2.64. The summed E-state index contributed by atoms with van der Waals surface area (Å²) in [6.07, 6.45) is 1.76. The van der Waals surface area contributed by atoms with E-state index in [1.54, 1.807) is 14.2 Å². The Kier molecular flexibility index (Phi) is 6.27. The van der Waals surface area contributed by atoms with Crippen molar-refractivity contribution in [1.82, 2.24) is 0 Å². The van der Waals surface area contributed by atoms with Crippen LogP contribution in [0.15, 0.2) is 36.4 Å². The van der Waals surface area contributed by atoms with Crippen LogP contribution in [0, 0.1) is 0 Å². The summed E-state index contributed by atoms with van der Waals surface area (Å²) in [5, 5.41) is 0. The van der Waals surface area contributed by atoms with Crippen LogP contribution in [0.3, 0.4) is 0 Å². The van der Waals surface area contributed by atoms with Gasteiger partial charge in [-0.15, -0.1) is 0 Å². The fourth-order valence-corrected chi connectivity index (χ4v) is 3.33. The SMILES string of the molecule is COc1ccc(Oc2ccc(OC)c(OC3CCOC3)c2)cc1OC1CCOC1. The molecule has 156 valence electrons. The van der Waals surface area contributed by atoms with Crippen LogP contribution < -0.4 is 23.7 Å². The summed E-state index contributed by atoms with van der Waals surface area (Å²) < 4.78 is 39.7. The van der Waals surface area contributed by atoms with E-state index in [9.17, 15) is 0 Å². The molecule has 2 heterocycles. The third-order valence-electron chi connectivity index (χ3n) is 4.87. The molecule has 2 saturated heterocycles. The number of benzene rings is 2. The highest BCUT2D eigenvalue weighted by atomic mass is 16.6. The van der Waals surface area contributed by atoms with Gasteiger partial charge in [-0.3, -0.25) is 0 Å². The Labute approximate surface area is 170 Å². The molecule has 4 rings (SSSR count). The topological polar surface area (TPSA) is 64.6 Å². The van der Waals surface area contributed by atoms with Crippen molar-refractivity contribution >= 4 is 0 Å². The second kappa shape index (κ2) is 9.24. The average Bonchev–Trinajstić information content (AvgIpc) is 3.43. The maximum absolute atomic E-state index is 6.05. The van der Waals surface area contributed by atoms with E-state index in [0.717, 1.165) is 12.8 Å². The van der Waals surface area contributed by atoms with Crippen LogP contribution in [0.4, 0.5) is 0 Å². The lowest BCUT2D eigenvalue weighted by atomic mass is 10.2. The number of rotatable bonds is 8. The van der Waals surface area contributed by atoms with Gasteiger partial charge >= 0.3 is 0 Å². The quantitative estimate of drug-likeness (QED) is 0.665. The van der Waals surface area contributed by atoms with Crippen molar-refractivity contribution < 1.29 is 33.2 Å². The third-order valence-corrected chi connectivity index (χ3v) is 4.87. The molecule has 2 unspecified atom stereocenters. The van der Waals surface area contributed by atoms with Crippen molar-refractivity contribution in [3.05, 3.63) is 36.4 Å². The van der Waals surface area contributed by atoms with Gasteiger partial charge in [-0.05, 0) is 24.3 Å². The summed E-state index contributed by atoms with van der Waals surface area (Å²) in [7, 11) is 3.24. The zero-order valence-corrected chi connectivity index (χ0v) is 16.7. The lowest BCUT2D eigenvalue weighted by molar-refractivity contribution is 0.138. The van der Waals surface area contributed by atoms with E-state index < -0.39 is 0 Å². The average molecular weight is 402 g/mol. The summed E-state index contributed by atoms with van der Waals surface area (Å²) in [6.45, 7) is 2.59. The molecular formula is C22H26O7. The van der Waals surface area contributed by atoms with E-state index in [4.69, 9.17) is 33.2 Å². The summed E-state index contributed by atoms with van der Waals surface area (Å²) in [6, 6.07) is 11.0. The van der Waals surface area contributed by atoms with Gasteiger partial charge in [-0.25, -0.2) is 0 Å². The zero-order valence-electron chi connectivity index (χ0n) is 16.7. The molecule has 0 N–H and O–H groups in total. The summed E-state index contributed by atoms with van der Waals surface area (Å²) in [5.41, 5.74) is 0. The van der Waals surface area contributed by atoms with Gasteiger partial charge in [-0.2, -0.15) is 0 Å². The minimum absolute atomic E-state index is 0.0220. The summed E-state index contributed by atoms with van der Waals surface area (Å²) in [4.78, 5) is 0. The highest BCUT2D eigenvalue weighted by Gasteiger charge is 2.21. The minimum atomic E-state index is 0.0220. The van der Waals surface area contributed by atoms with Crippen LogP contribution in [0.2, 0.25) is 0 Å². The highest BCUT2D eigenvalue weighted by Crippen LogP contribution is 2.38. The van der Waals surface area contributed by atoms with Crippen LogP contribution in [-0.2, 0) is 9.47 Å². The molecule has 2 aromatic carbocycles. The van der Waals surface area contributed by atoms with Gasteiger partial charge in [-0.1, -0.05) is 0 Å². The first-order chi connectivity index (χ1) is 14.2. The van der Waals surface area contributed by atoms with E-state index in [1.807, 2.05) is 36.4 Å². The summed E-state index contributed by atoms with van der Waals surface area (Å²) >= 11 is 0. The lowest BCUT2D eigenvalue weighted by Gasteiger charge is -2.17. The molecule has 0 bridgehead atoms. The predicted molar refractivity (Wildman–Crippen MR) is 106 cm³/mol. The molecule has 2 aromatic rings. The van der Waals surface area contributed by atoms with Gasteiger partial charge < -0.3 is 33.2 Å². The molecule has 2 fully saturated rings. The van der Waals surface area contributed by atoms with Gasteiger partial charge in [0.25, 0.3) is 0 Å². The van der Waals surface area contributed by atoms with E-state index in [2.05, 4.69) is 0 Å². The van der Waals surface area contributed by atoms with Crippen molar-refractivity contribution in [2.24, 2.45) is 0 Å². The van der Waals surface area contributed by atoms with Gasteiger partial charge in [0.1, 0.15) is 23.7 Å². The molecule has 2 atom stereocenters. The van der Waals surface area contributed by atoms with Crippen LogP contribution in [0.1, 0.15) is 12.8 Å². The molecule has 2 aliphatic rings. The Morgan fingerprint density at radius 2 is 1.17 bits per heavy atom. The molecular weight excluding hydrogens is 376 g/mol. The minimum Gasteiger partial charge on any atom is -0.493 e. The van der Waals surface area contributed by atoms with Gasteiger partial charge in [0.2, 0.25) is 0 Å². The Morgan fingerprint density at radius 3 is 1.55 bits per heavy atom. The summed E-state index contributed by atoms with van der Waals surface area (Å²) in [5.74, 6) is 3.86. The zero-order chi connectivity index (χ0) is 20.1. The molecule has 0 amide bonds. The Balaban J connectivity index is 1.51. The fraction of sp³-hybridized carbons (Fsp3) is 0.455. The first kappa shape index (κ1) is 19.7. The van der Waals surface area contributed by atoms with E-state index >= 15 is 0 Å². The number of ether oxygens (including phenoxy) is 7. The number of hydrogen-bond donors (Lipinski definition) is 0.